The van der Waals surface area contributed by atoms with Crippen molar-refractivity contribution in [2.24, 2.45) is 4.99 Å². The molecule has 144 valence electrons. The van der Waals surface area contributed by atoms with Gasteiger partial charge in [0.1, 0.15) is 5.01 Å². The van der Waals surface area contributed by atoms with Gasteiger partial charge >= 0.3 is 0 Å². The van der Waals surface area contributed by atoms with Crippen LogP contribution in [0.15, 0.2) is 20.9 Å². The first kappa shape index (κ1) is 22.1. The maximum absolute atomic E-state index is 4.59. The minimum absolute atomic E-state index is 0. The van der Waals surface area contributed by atoms with E-state index in [4.69, 9.17) is 0 Å². The van der Waals surface area contributed by atoms with Crippen LogP contribution < -0.4 is 5.32 Å². The summed E-state index contributed by atoms with van der Waals surface area (Å²) in [5.41, 5.74) is 1.13. The van der Waals surface area contributed by atoms with Gasteiger partial charge in [0, 0.05) is 49.5 Å². The molecule has 1 saturated heterocycles. The second-order valence-electron chi connectivity index (χ2n) is 6.12. The SMILES string of the molecule is CN=C(NCc1nc(C)c(C)s1)N1CCN(Cc2ccc(Br)s2)CC1.I. The van der Waals surface area contributed by atoms with Gasteiger partial charge < -0.3 is 10.2 Å². The number of aliphatic imine (C=N–C) groups is 1. The number of thiazole rings is 1. The lowest BCUT2D eigenvalue weighted by Crippen LogP contribution is -2.51. The Morgan fingerprint density at radius 3 is 2.50 bits per heavy atom. The normalized spacial score (nSPS) is 15.8. The van der Waals surface area contributed by atoms with Crippen LogP contribution in [0.1, 0.15) is 20.5 Å². The van der Waals surface area contributed by atoms with E-state index in [1.165, 1.54) is 13.5 Å². The molecule has 0 atom stereocenters. The monoisotopic (exact) mass is 569 g/mol. The fourth-order valence-electron chi connectivity index (χ4n) is 2.88. The molecule has 1 aliphatic heterocycles. The van der Waals surface area contributed by atoms with E-state index in [1.54, 1.807) is 11.3 Å². The lowest BCUT2D eigenvalue weighted by molar-refractivity contribution is 0.173. The van der Waals surface area contributed by atoms with Crippen molar-refractivity contribution in [2.45, 2.75) is 26.9 Å². The third-order valence-electron chi connectivity index (χ3n) is 4.36. The Balaban J connectivity index is 0.00000243. The van der Waals surface area contributed by atoms with Crippen molar-refractivity contribution < 1.29 is 0 Å². The molecule has 0 unspecified atom stereocenters. The van der Waals surface area contributed by atoms with Crippen molar-refractivity contribution in [1.82, 2.24) is 20.1 Å². The summed E-state index contributed by atoms with van der Waals surface area (Å²) in [6.45, 7) is 10.1. The van der Waals surface area contributed by atoms with Crippen LogP contribution in [0.4, 0.5) is 0 Å². The summed E-state index contributed by atoms with van der Waals surface area (Å²) in [7, 11) is 1.86. The van der Waals surface area contributed by atoms with Crippen LogP contribution in [0.25, 0.3) is 0 Å². The molecule has 0 aromatic carbocycles. The molecule has 26 heavy (non-hydrogen) atoms. The molecule has 1 fully saturated rings. The smallest absolute Gasteiger partial charge is 0.194 e. The van der Waals surface area contributed by atoms with Crippen LogP contribution in [-0.2, 0) is 13.1 Å². The highest BCUT2D eigenvalue weighted by molar-refractivity contribution is 14.0. The van der Waals surface area contributed by atoms with Gasteiger partial charge in [0.2, 0.25) is 0 Å². The molecule has 9 heteroatoms. The maximum atomic E-state index is 4.59. The largest absolute Gasteiger partial charge is 0.350 e. The molecule has 0 saturated carbocycles. The van der Waals surface area contributed by atoms with Crippen LogP contribution in [0, 0.1) is 13.8 Å². The number of aryl methyl sites for hydroxylation is 2. The van der Waals surface area contributed by atoms with Crippen molar-refractivity contribution in [1.29, 1.82) is 0 Å². The summed E-state index contributed by atoms with van der Waals surface area (Å²) in [4.78, 5) is 16.6. The topological polar surface area (TPSA) is 43.8 Å². The van der Waals surface area contributed by atoms with Crippen LogP contribution >= 0.6 is 62.6 Å². The first-order valence-electron chi connectivity index (χ1n) is 8.40. The highest BCUT2D eigenvalue weighted by atomic mass is 127. The number of rotatable bonds is 4. The van der Waals surface area contributed by atoms with Gasteiger partial charge in [-0.2, -0.15) is 0 Å². The third-order valence-corrected chi connectivity index (χ3v) is 7.04. The fraction of sp³-hybridized carbons (Fsp3) is 0.529. The van der Waals surface area contributed by atoms with Crippen molar-refractivity contribution >= 4 is 68.5 Å². The molecule has 1 aliphatic rings. The molecule has 0 radical (unpaired) electrons. The number of guanidine groups is 1. The molecule has 3 heterocycles. The predicted molar refractivity (Wildman–Crippen MR) is 126 cm³/mol. The quantitative estimate of drug-likeness (QED) is 0.342. The van der Waals surface area contributed by atoms with E-state index in [9.17, 15) is 0 Å². The number of aromatic nitrogens is 1. The molecule has 2 aromatic heterocycles. The Morgan fingerprint density at radius 1 is 1.23 bits per heavy atom. The molecular formula is C17H25BrIN5S2. The molecule has 1 N–H and O–H groups in total. The number of piperazine rings is 1. The number of nitrogens with zero attached hydrogens (tertiary/aromatic N) is 4. The molecule has 5 nitrogen and oxygen atoms in total. The van der Waals surface area contributed by atoms with Crippen molar-refractivity contribution in [3.8, 4) is 0 Å². The van der Waals surface area contributed by atoms with Crippen LogP contribution in [0.2, 0.25) is 0 Å². The minimum atomic E-state index is 0. The number of thiophene rings is 1. The summed E-state index contributed by atoms with van der Waals surface area (Å²) >= 11 is 7.12. The zero-order valence-electron chi connectivity index (χ0n) is 15.3. The lowest BCUT2D eigenvalue weighted by atomic mass is 10.3. The zero-order chi connectivity index (χ0) is 17.8. The van der Waals surface area contributed by atoms with E-state index >= 15 is 0 Å². The van der Waals surface area contributed by atoms with Gasteiger partial charge in [0.15, 0.2) is 5.96 Å². The summed E-state index contributed by atoms with van der Waals surface area (Å²) in [5, 5.41) is 4.59. The van der Waals surface area contributed by atoms with Crippen LogP contribution in [0.5, 0.6) is 0 Å². The summed E-state index contributed by atoms with van der Waals surface area (Å²) in [6.07, 6.45) is 0. The van der Waals surface area contributed by atoms with Gasteiger partial charge in [-0.25, -0.2) is 4.98 Å². The average molecular weight is 570 g/mol. The van der Waals surface area contributed by atoms with E-state index in [1.807, 2.05) is 18.4 Å². The van der Waals surface area contributed by atoms with Gasteiger partial charge in [0.05, 0.1) is 16.0 Å². The molecule has 0 aliphatic carbocycles. The standard InChI is InChI=1S/C17H24BrN5S2.HI/c1-12-13(2)24-16(21-12)10-20-17(19-3)23-8-6-22(7-9-23)11-14-4-5-15(18)25-14;/h4-5H,6-11H2,1-3H3,(H,19,20);1H. The molecule has 2 aromatic rings. The van der Waals surface area contributed by atoms with Gasteiger partial charge in [-0.05, 0) is 41.9 Å². The molecular weight excluding hydrogens is 545 g/mol. The summed E-state index contributed by atoms with van der Waals surface area (Å²) in [6, 6.07) is 4.34. The maximum Gasteiger partial charge on any atom is 0.194 e. The Bertz CT molecular complexity index is 718. The highest BCUT2D eigenvalue weighted by Crippen LogP contribution is 2.23. The van der Waals surface area contributed by atoms with E-state index in [2.05, 4.69) is 67.0 Å². The van der Waals surface area contributed by atoms with E-state index in [0.29, 0.717) is 0 Å². The summed E-state index contributed by atoms with van der Waals surface area (Å²) < 4.78 is 1.21. The predicted octanol–water partition coefficient (Wildman–Crippen LogP) is 4.10. The van der Waals surface area contributed by atoms with E-state index in [-0.39, 0.29) is 24.0 Å². The second kappa shape index (κ2) is 10.4. The molecule has 0 amide bonds. The number of hydrogen-bond donors (Lipinski definition) is 1. The van der Waals surface area contributed by atoms with Crippen LogP contribution in [-0.4, -0.2) is 54.0 Å². The Morgan fingerprint density at radius 2 is 1.96 bits per heavy atom. The number of nitrogens with one attached hydrogen (secondary N) is 1. The Hall–Kier alpha value is -0.230. The Kier molecular flexibility index (Phi) is 8.78. The van der Waals surface area contributed by atoms with Crippen molar-refractivity contribution in [2.75, 3.05) is 33.2 Å². The van der Waals surface area contributed by atoms with Crippen molar-refractivity contribution in [3.63, 3.8) is 0 Å². The van der Waals surface area contributed by atoms with Gasteiger partial charge in [-0.15, -0.1) is 46.7 Å². The lowest BCUT2D eigenvalue weighted by Gasteiger charge is -2.36. The van der Waals surface area contributed by atoms with Gasteiger partial charge in [-0.3, -0.25) is 9.89 Å². The Labute approximate surface area is 189 Å². The highest BCUT2D eigenvalue weighted by Gasteiger charge is 2.20. The summed E-state index contributed by atoms with van der Waals surface area (Å²) in [5.74, 6) is 0.976. The number of halogens is 2. The van der Waals surface area contributed by atoms with Gasteiger partial charge in [-0.1, -0.05) is 0 Å². The second-order valence-corrected chi connectivity index (χ2v) is 9.95. The fourth-order valence-corrected chi connectivity index (χ4v) is 5.28. The number of hydrogen-bond acceptors (Lipinski definition) is 5. The van der Waals surface area contributed by atoms with E-state index in [0.717, 1.165) is 55.9 Å². The first-order valence-corrected chi connectivity index (χ1v) is 10.8. The zero-order valence-corrected chi connectivity index (χ0v) is 20.8. The minimum Gasteiger partial charge on any atom is -0.350 e. The van der Waals surface area contributed by atoms with Crippen molar-refractivity contribution in [3.05, 3.63) is 36.4 Å². The van der Waals surface area contributed by atoms with Gasteiger partial charge in [0.25, 0.3) is 0 Å². The van der Waals surface area contributed by atoms with E-state index < -0.39 is 0 Å². The molecule has 3 rings (SSSR count). The molecule has 0 spiro atoms. The molecule has 0 bridgehead atoms. The van der Waals surface area contributed by atoms with Crippen LogP contribution in [0.3, 0.4) is 0 Å². The third kappa shape index (κ3) is 5.88. The average Bonchev–Trinajstić information content (AvgIpc) is 3.15. The first-order chi connectivity index (χ1) is 12.0.